The summed E-state index contributed by atoms with van der Waals surface area (Å²) in [5.41, 5.74) is 4.51. The summed E-state index contributed by atoms with van der Waals surface area (Å²) < 4.78 is 8.26. The van der Waals surface area contributed by atoms with Crippen LogP contribution in [0.15, 0.2) is 55.1 Å². The van der Waals surface area contributed by atoms with Crippen LogP contribution >= 0.6 is 0 Å². The molecule has 0 radical (unpaired) electrons. The number of anilines is 1. The maximum Gasteiger partial charge on any atom is 0.261 e. The molecule has 1 N–H and O–H groups in total. The van der Waals surface area contributed by atoms with Crippen molar-refractivity contribution in [2.24, 2.45) is 0 Å². The first-order valence-electron chi connectivity index (χ1n) is 8.38. The number of ether oxygens (including phenoxy) is 1. The molecule has 0 atom stereocenters. The summed E-state index contributed by atoms with van der Waals surface area (Å²) in [7, 11) is 1.58. The van der Waals surface area contributed by atoms with Crippen LogP contribution in [0, 0.1) is 6.92 Å². The molecule has 1 aromatic carbocycles. The Morgan fingerprint density at radius 2 is 1.96 bits per heavy atom. The molecule has 0 aliphatic carbocycles. The van der Waals surface area contributed by atoms with E-state index in [4.69, 9.17) is 4.74 Å². The SMILES string of the molecule is COCn1cc(NC(=O)c2cnn3c(-c4ccc(C)cc4)ccnc23)cn1. The van der Waals surface area contributed by atoms with Gasteiger partial charge in [0.1, 0.15) is 12.3 Å². The van der Waals surface area contributed by atoms with E-state index in [1.807, 2.05) is 37.3 Å². The number of aromatic nitrogens is 5. The lowest BCUT2D eigenvalue weighted by Gasteiger charge is -2.05. The van der Waals surface area contributed by atoms with Gasteiger partial charge in [-0.25, -0.2) is 14.2 Å². The van der Waals surface area contributed by atoms with Crippen molar-refractivity contribution in [3.8, 4) is 11.3 Å². The summed E-state index contributed by atoms with van der Waals surface area (Å²) in [5.74, 6) is -0.296. The number of methoxy groups -OCH3 is 1. The largest absolute Gasteiger partial charge is 0.362 e. The average Bonchev–Trinajstić information content (AvgIpc) is 3.29. The van der Waals surface area contributed by atoms with Crippen LogP contribution in [0.2, 0.25) is 0 Å². The molecule has 0 bridgehead atoms. The van der Waals surface area contributed by atoms with Crippen LogP contribution in [0.4, 0.5) is 5.69 Å². The minimum Gasteiger partial charge on any atom is -0.362 e. The second-order valence-electron chi connectivity index (χ2n) is 6.13. The summed E-state index contributed by atoms with van der Waals surface area (Å²) in [6.07, 6.45) is 6.46. The van der Waals surface area contributed by atoms with Crippen LogP contribution in [-0.4, -0.2) is 37.4 Å². The van der Waals surface area contributed by atoms with E-state index in [2.05, 4.69) is 20.5 Å². The van der Waals surface area contributed by atoms with E-state index >= 15 is 0 Å². The second-order valence-corrected chi connectivity index (χ2v) is 6.13. The Kier molecular flexibility index (Phi) is 4.39. The minimum absolute atomic E-state index is 0.296. The summed E-state index contributed by atoms with van der Waals surface area (Å²) in [4.78, 5) is 17.0. The highest BCUT2D eigenvalue weighted by Crippen LogP contribution is 2.22. The van der Waals surface area contributed by atoms with Gasteiger partial charge in [-0.15, -0.1) is 0 Å². The van der Waals surface area contributed by atoms with Crippen LogP contribution in [0.1, 0.15) is 15.9 Å². The van der Waals surface area contributed by atoms with Gasteiger partial charge in [-0.3, -0.25) is 4.79 Å². The van der Waals surface area contributed by atoms with Gasteiger partial charge in [0, 0.05) is 18.9 Å². The molecule has 0 aliphatic heterocycles. The number of hydrogen-bond acceptors (Lipinski definition) is 5. The Morgan fingerprint density at radius 1 is 1.15 bits per heavy atom. The number of carbonyl (C=O) groups is 1. The number of amides is 1. The molecule has 4 rings (SSSR count). The topological polar surface area (TPSA) is 86.3 Å². The van der Waals surface area contributed by atoms with E-state index in [0.717, 1.165) is 11.3 Å². The van der Waals surface area contributed by atoms with E-state index in [9.17, 15) is 4.79 Å². The van der Waals surface area contributed by atoms with E-state index in [-0.39, 0.29) is 5.91 Å². The van der Waals surface area contributed by atoms with Crippen molar-refractivity contribution in [3.63, 3.8) is 0 Å². The van der Waals surface area contributed by atoms with Crippen molar-refractivity contribution in [3.05, 3.63) is 66.2 Å². The van der Waals surface area contributed by atoms with Crippen LogP contribution < -0.4 is 5.32 Å². The number of nitrogens with zero attached hydrogens (tertiary/aromatic N) is 5. The molecule has 4 aromatic rings. The molecule has 27 heavy (non-hydrogen) atoms. The molecule has 1 amide bonds. The molecule has 8 heteroatoms. The maximum atomic E-state index is 12.7. The lowest BCUT2D eigenvalue weighted by Crippen LogP contribution is -2.11. The molecular formula is C19H18N6O2. The first kappa shape index (κ1) is 16.9. The van der Waals surface area contributed by atoms with Crippen molar-refractivity contribution in [1.29, 1.82) is 0 Å². The normalized spacial score (nSPS) is 11.0. The highest BCUT2D eigenvalue weighted by atomic mass is 16.5. The van der Waals surface area contributed by atoms with Gasteiger partial charge in [0.2, 0.25) is 0 Å². The Balaban J connectivity index is 1.65. The van der Waals surface area contributed by atoms with Gasteiger partial charge >= 0.3 is 0 Å². The molecule has 0 fully saturated rings. The number of fused-ring (bicyclic) bond motifs is 1. The number of rotatable bonds is 5. The van der Waals surface area contributed by atoms with Crippen molar-refractivity contribution in [1.82, 2.24) is 24.4 Å². The predicted molar refractivity (Wildman–Crippen MR) is 100 cm³/mol. The van der Waals surface area contributed by atoms with Crippen LogP contribution in [0.25, 0.3) is 16.9 Å². The van der Waals surface area contributed by atoms with Crippen LogP contribution in [0.3, 0.4) is 0 Å². The Hall–Kier alpha value is -3.52. The van der Waals surface area contributed by atoms with E-state index in [1.54, 1.807) is 34.9 Å². The smallest absolute Gasteiger partial charge is 0.261 e. The monoisotopic (exact) mass is 362 g/mol. The fourth-order valence-corrected chi connectivity index (χ4v) is 2.82. The van der Waals surface area contributed by atoms with Crippen molar-refractivity contribution < 1.29 is 9.53 Å². The summed E-state index contributed by atoms with van der Waals surface area (Å²) >= 11 is 0. The molecule has 3 aromatic heterocycles. The zero-order valence-electron chi connectivity index (χ0n) is 15.0. The van der Waals surface area contributed by atoms with Crippen LogP contribution in [0.5, 0.6) is 0 Å². The Morgan fingerprint density at radius 3 is 2.74 bits per heavy atom. The summed E-state index contributed by atoms with van der Waals surface area (Å²) in [6, 6.07) is 10.00. The number of benzene rings is 1. The van der Waals surface area contributed by atoms with E-state index in [0.29, 0.717) is 23.6 Å². The minimum atomic E-state index is -0.296. The van der Waals surface area contributed by atoms with E-state index < -0.39 is 0 Å². The lowest BCUT2D eigenvalue weighted by molar-refractivity contribution is 0.102. The molecule has 0 unspecified atom stereocenters. The average molecular weight is 362 g/mol. The van der Waals surface area contributed by atoms with Crippen molar-refractivity contribution in [2.45, 2.75) is 13.7 Å². The molecule has 0 saturated heterocycles. The highest BCUT2D eigenvalue weighted by Gasteiger charge is 2.17. The number of carbonyl (C=O) groups excluding carboxylic acids is 1. The molecule has 8 nitrogen and oxygen atoms in total. The molecule has 0 spiro atoms. The molecular weight excluding hydrogens is 344 g/mol. The lowest BCUT2D eigenvalue weighted by atomic mass is 10.1. The predicted octanol–water partition coefficient (Wildman–Crippen LogP) is 2.76. The van der Waals surface area contributed by atoms with Gasteiger partial charge in [-0.1, -0.05) is 29.8 Å². The fourth-order valence-electron chi connectivity index (χ4n) is 2.82. The zero-order valence-corrected chi connectivity index (χ0v) is 15.0. The van der Waals surface area contributed by atoms with Gasteiger partial charge in [0.15, 0.2) is 5.65 Å². The third-order valence-corrected chi connectivity index (χ3v) is 4.15. The van der Waals surface area contributed by atoms with Gasteiger partial charge in [0.05, 0.1) is 30.0 Å². The fraction of sp³-hybridized carbons (Fsp3) is 0.158. The molecule has 0 aliphatic rings. The van der Waals surface area contributed by atoms with E-state index in [1.165, 1.54) is 11.8 Å². The van der Waals surface area contributed by atoms with Crippen LogP contribution in [-0.2, 0) is 11.5 Å². The third-order valence-electron chi connectivity index (χ3n) is 4.15. The first-order valence-corrected chi connectivity index (χ1v) is 8.38. The van der Waals surface area contributed by atoms with Gasteiger partial charge in [-0.2, -0.15) is 10.2 Å². The Labute approximate surface area is 155 Å². The standard InChI is InChI=1S/C19H18N6O2/c1-13-3-5-14(6-4-13)17-7-8-20-18-16(10-22-25(17)18)19(26)23-15-9-21-24(11-15)12-27-2/h3-11H,12H2,1-2H3,(H,23,26). The first-order chi connectivity index (χ1) is 13.2. The van der Waals surface area contributed by atoms with Gasteiger partial charge in [-0.05, 0) is 13.0 Å². The number of hydrogen-bond donors (Lipinski definition) is 1. The third kappa shape index (κ3) is 3.30. The quantitative estimate of drug-likeness (QED) is 0.590. The molecule has 0 saturated carbocycles. The zero-order chi connectivity index (χ0) is 18.8. The molecule has 3 heterocycles. The summed E-state index contributed by atoms with van der Waals surface area (Å²) in [5, 5.41) is 11.3. The second kappa shape index (κ2) is 7.00. The van der Waals surface area contributed by atoms with Crippen molar-refractivity contribution >= 4 is 17.2 Å². The molecule has 136 valence electrons. The van der Waals surface area contributed by atoms with Gasteiger partial charge < -0.3 is 10.1 Å². The number of aryl methyl sites for hydroxylation is 1. The van der Waals surface area contributed by atoms with Gasteiger partial charge in [0.25, 0.3) is 5.91 Å². The summed E-state index contributed by atoms with van der Waals surface area (Å²) in [6.45, 7) is 2.35. The van der Waals surface area contributed by atoms with Crippen molar-refractivity contribution in [2.75, 3.05) is 12.4 Å². The maximum absolute atomic E-state index is 12.7. The highest BCUT2D eigenvalue weighted by molar-refractivity contribution is 6.08. The Bertz CT molecular complexity index is 1100. The number of nitrogens with one attached hydrogen (secondary N) is 1.